The van der Waals surface area contributed by atoms with Gasteiger partial charge in [0.25, 0.3) is 0 Å². The molecule has 0 aliphatic heterocycles. The maximum atomic E-state index is 12.3. The largest absolute Gasteiger partial charge is 0.469 e. The van der Waals surface area contributed by atoms with Crippen LogP contribution in [0, 0.1) is 29.1 Å². The summed E-state index contributed by atoms with van der Waals surface area (Å²) in [6.45, 7) is 5.70. The molecule has 0 radical (unpaired) electrons. The molecule has 5 atom stereocenters. The molecule has 0 heterocycles. The van der Waals surface area contributed by atoms with Gasteiger partial charge in [0, 0.05) is 18.4 Å². The van der Waals surface area contributed by atoms with Crippen LogP contribution >= 0.6 is 0 Å². The van der Waals surface area contributed by atoms with Crippen molar-refractivity contribution in [1.29, 1.82) is 0 Å². The van der Waals surface area contributed by atoms with E-state index in [1.807, 2.05) is 13.8 Å². The summed E-state index contributed by atoms with van der Waals surface area (Å²) in [4.78, 5) is 36.6. The summed E-state index contributed by atoms with van der Waals surface area (Å²) in [5.74, 6) is 0.216. The number of ketones is 2. The van der Waals surface area contributed by atoms with E-state index < -0.39 is 5.41 Å². The Morgan fingerprint density at radius 2 is 1.90 bits per heavy atom. The van der Waals surface area contributed by atoms with Gasteiger partial charge in [-0.25, -0.2) is 0 Å². The van der Waals surface area contributed by atoms with Crippen LogP contribution in [0.2, 0.25) is 0 Å². The Hall–Kier alpha value is -1.45. The number of Topliss-reactive ketones (excluding diaryl/α,β-unsaturated/α-hetero) is 2. The number of esters is 1. The van der Waals surface area contributed by atoms with Gasteiger partial charge in [0.05, 0.1) is 12.5 Å². The van der Waals surface area contributed by atoms with E-state index in [1.165, 1.54) is 7.11 Å². The third-order valence-corrected chi connectivity index (χ3v) is 5.78. The number of ether oxygens (including phenoxy) is 1. The molecule has 2 fully saturated rings. The van der Waals surface area contributed by atoms with Crippen LogP contribution in [0.3, 0.4) is 0 Å². The van der Waals surface area contributed by atoms with E-state index in [-0.39, 0.29) is 41.2 Å². The lowest BCUT2D eigenvalue weighted by Crippen LogP contribution is -2.23. The lowest BCUT2D eigenvalue weighted by molar-refractivity contribution is -0.147. The Morgan fingerprint density at radius 3 is 2.50 bits per heavy atom. The minimum absolute atomic E-state index is 0.0209. The first kappa shape index (κ1) is 13.5. The summed E-state index contributed by atoms with van der Waals surface area (Å²) in [7, 11) is 1.39. The third kappa shape index (κ3) is 1.45. The van der Waals surface area contributed by atoms with Gasteiger partial charge in [-0.1, -0.05) is 6.92 Å². The van der Waals surface area contributed by atoms with Crippen LogP contribution in [0.1, 0.15) is 33.6 Å². The van der Waals surface area contributed by atoms with Crippen LogP contribution in [0.25, 0.3) is 0 Å². The fraction of sp³-hybridized carbons (Fsp3) is 0.688. The molecule has 0 saturated heterocycles. The van der Waals surface area contributed by atoms with Crippen LogP contribution in [0.15, 0.2) is 11.1 Å². The van der Waals surface area contributed by atoms with Crippen molar-refractivity contribution in [3.05, 3.63) is 11.1 Å². The molecular formula is C16H20O4. The SMILES string of the molecule is COC(=O)C1(C)C2CC(=O)C(C)=C3C(=O)CC(C)C3C21. The number of carbonyl (C=O) groups is 3. The van der Waals surface area contributed by atoms with Crippen molar-refractivity contribution in [3.8, 4) is 0 Å². The van der Waals surface area contributed by atoms with Gasteiger partial charge in [-0.3, -0.25) is 14.4 Å². The van der Waals surface area contributed by atoms with E-state index in [2.05, 4.69) is 0 Å². The van der Waals surface area contributed by atoms with Crippen LogP contribution in [-0.2, 0) is 19.1 Å². The standard InChI is InChI=1S/C16H20O4/c1-7-5-11(18)13-8(2)10(17)6-9-14(12(7)13)16(9,3)15(19)20-4/h7,9,12,14H,5-6H2,1-4H3. The Balaban J connectivity index is 2.09. The maximum absolute atomic E-state index is 12.3. The van der Waals surface area contributed by atoms with Crippen molar-refractivity contribution in [2.24, 2.45) is 29.1 Å². The molecule has 0 bridgehead atoms. The number of allylic oxidation sites excluding steroid dienone is 2. The van der Waals surface area contributed by atoms with Gasteiger partial charge >= 0.3 is 5.97 Å². The van der Waals surface area contributed by atoms with Gasteiger partial charge in [0.2, 0.25) is 0 Å². The summed E-state index contributed by atoms with van der Waals surface area (Å²) < 4.78 is 4.93. The molecule has 4 nitrogen and oxygen atoms in total. The van der Waals surface area contributed by atoms with E-state index in [0.717, 1.165) is 0 Å². The minimum Gasteiger partial charge on any atom is -0.469 e. The van der Waals surface area contributed by atoms with Crippen molar-refractivity contribution in [1.82, 2.24) is 0 Å². The van der Waals surface area contributed by atoms with Crippen LogP contribution in [0.4, 0.5) is 0 Å². The zero-order valence-electron chi connectivity index (χ0n) is 12.4. The summed E-state index contributed by atoms with van der Waals surface area (Å²) in [5.41, 5.74) is 0.728. The average molecular weight is 276 g/mol. The van der Waals surface area contributed by atoms with Crippen molar-refractivity contribution in [2.75, 3.05) is 7.11 Å². The fourth-order valence-electron chi connectivity index (χ4n) is 4.60. The van der Waals surface area contributed by atoms with Crippen molar-refractivity contribution >= 4 is 17.5 Å². The highest BCUT2D eigenvalue weighted by Gasteiger charge is 2.72. The second kappa shape index (κ2) is 4.03. The zero-order chi connectivity index (χ0) is 14.8. The van der Waals surface area contributed by atoms with E-state index >= 15 is 0 Å². The van der Waals surface area contributed by atoms with Gasteiger partial charge in [0.1, 0.15) is 0 Å². The van der Waals surface area contributed by atoms with E-state index in [4.69, 9.17) is 4.74 Å². The summed E-state index contributed by atoms with van der Waals surface area (Å²) in [5, 5.41) is 0. The van der Waals surface area contributed by atoms with Crippen molar-refractivity contribution in [3.63, 3.8) is 0 Å². The molecule has 0 N–H and O–H groups in total. The first-order chi connectivity index (χ1) is 9.33. The Kier molecular flexibility index (Phi) is 2.72. The van der Waals surface area contributed by atoms with Crippen LogP contribution in [-0.4, -0.2) is 24.6 Å². The second-order valence-electron chi connectivity index (χ2n) is 6.70. The molecule has 4 heteroatoms. The Labute approximate surface area is 118 Å². The smallest absolute Gasteiger partial charge is 0.312 e. The predicted molar refractivity (Wildman–Crippen MR) is 71.7 cm³/mol. The molecule has 108 valence electrons. The quantitative estimate of drug-likeness (QED) is 0.687. The Bertz CT molecular complexity index is 559. The summed E-state index contributed by atoms with van der Waals surface area (Å²) in [6, 6.07) is 0. The van der Waals surface area contributed by atoms with E-state index in [9.17, 15) is 14.4 Å². The molecule has 20 heavy (non-hydrogen) atoms. The highest BCUT2D eigenvalue weighted by molar-refractivity contribution is 6.09. The molecule has 5 unspecified atom stereocenters. The molecule has 0 spiro atoms. The number of carbonyl (C=O) groups excluding carboxylic acids is 3. The zero-order valence-corrected chi connectivity index (χ0v) is 12.4. The molecular weight excluding hydrogens is 256 g/mol. The molecule has 0 aromatic carbocycles. The average Bonchev–Trinajstić information content (AvgIpc) is 2.90. The molecule has 2 saturated carbocycles. The lowest BCUT2D eigenvalue weighted by atomic mass is 9.84. The lowest BCUT2D eigenvalue weighted by Gasteiger charge is -2.20. The van der Waals surface area contributed by atoms with Crippen LogP contribution in [0.5, 0.6) is 0 Å². The fourth-order valence-corrected chi connectivity index (χ4v) is 4.60. The van der Waals surface area contributed by atoms with Gasteiger partial charge in [-0.2, -0.15) is 0 Å². The predicted octanol–water partition coefficient (Wildman–Crippen LogP) is 1.93. The molecule has 0 amide bonds. The van der Waals surface area contributed by atoms with Gasteiger partial charge in [-0.05, 0) is 43.1 Å². The van der Waals surface area contributed by atoms with Crippen molar-refractivity contribution in [2.45, 2.75) is 33.6 Å². The maximum Gasteiger partial charge on any atom is 0.312 e. The molecule has 3 aliphatic carbocycles. The third-order valence-electron chi connectivity index (χ3n) is 5.78. The summed E-state index contributed by atoms with van der Waals surface area (Å²) in [6.07, 6.45) is 0.854. The van der Waals surface area contributed by atoms with E-state index in [0.29, 0.717) is 24.0 Å². The number of rotatable bonds is 1. The monoisotopic (exact) mass is 276 g/mol. The normalized spacial score (nSPS) is 43.0. The van der Waals surface area contributed by atoms with Gasteiger partial charge < -0.3 is 4.74 Å². The minimum atomic E-state index is -0.597. The number of hydrogen-bond donors (Lipinski definition) is 0. The highest BCUT2D eigenvalue weighted by Crippen LogP contribution is 2.69. The number of methoxy groups -OCH3 is 1. The van der Waals surface area contributed by atoms with Crippen LogP contribution < -0.4 is 0 Å². The second-order valence-corrected chi connectivity index (χ2v) is 6.70. The first-order valence-electron chi connectivity index (χ1n) is 7.19. The molecule has 3 rings (SSSR count). The number of hydrogen-bond acceptors (Lipinski definition) is 4. The molecule has 3 aliphatic rings. The molecule has 0 aromatic rings. The van der Waals surface area contributed by atoms with E-state index in [1.54, 1.807) is 6.92 Å². The van der Waals surface area contributed by atoms with Gasteiger partial charge in [0.15, 0.2) is 11.6 Å². The summed E-state index contributed by atoms with van der Waals surface area (Å²) >= 11 is 0. The highest BCUT2D eigenvalue weighted by atomic mass is 16.5. The van der Waals surface area contributed by atoms with Crippen molar-refractivity contribution < 1.29 is 19.1 Å². The topological polar surface area (TPSA) is 60.4 Å². The molecule has 0 aromatic heterocycles. The van der Waals surface area contributed by atoms with Gasteiger partial charge in [-0.15, -0.1) is 0 Å². The Morgan fingerprint density at radius 1 is 1.25 bits per heavy atom. The number of fused-ring (bicyclic) bond motifs is 3. The first-order valence-corrected chi connectivity index (χ1v) is 7.19.